The molecular weight excluding hydrogens is 252 g/mol. The fourth-order valence-corrected chi connectivity index (χ4v) is 2.02. The van der Waals surface area contributed by atoms with E-state index in [2.05, 4.69) is 20.3 Å². The molecule has 6 nitrogen and oxygen atoms in total. The Kier molecular flexibility index (Phi) is 3.83. The first kappa shape index (κ1) is 12.4. The highest BCUT2D eigenvalue weighted by Gasteiger charge is 2.04. The van der Waals surface area contributed by atoms with Gasteiger partial charge in [-0.05, 0) is 6.92 Å². The standard InChI is InChI=1S/C11H12N4O2S/c1-7-15-8(6-18-7)2-3-12-10-5-13-9(4-14-10)11(16)17/h4-6H,2-3H2,1H3,(H,12,14)(H,16,17). The van der Waals surface area contributed by atoms with E-state index >= 15 is 0 Å². The lowest BCUT2D eigenvalue weighted by molar-refractivity contribution is 0.0690. The predicted molar refractivity (Wildman–Crippen MR) is 68.0 cm³/mol. The number of aromatic nitrogens is 3. The van der Waals surface area contributed by atoms with E-state index in [-0.39, 0.29) is 5.69 Å². The number of anilines is 1. The third-order valence-electron chi connectivity index (χ3n) is 2.22. The summed E-state index contributed by atoms with van der Waals surface area (Å²) in [6.07, 6.45) is 3.44. The summed E-state index contributed by atoms with van der Waals surface area (Å²) in [6.45, 7) is 2.65. The molecule has 0 aromatic carbocycles. The summed E-state index contributed by atoms with van der Waals surface area (Å²) in [4.78, 5) is 22.7. The van der Waals surface area contributed by atoms with Crippen LogP contribution >= 0.6 is 11.3 Å². The highest BCUT2D eigenvalue weighted by molar-refractivity contribution is 7.09. The molecule has 0 aliphatic heterocycles. The van der Waals surface area contributed by atoms with Crippen molar-refractivity contribution in [2.45, 2.75) is 13.3 Å². The van der Waals surface area contributed by atoms with Gasteiger partial charge in [0.2, 0.25) is 0 Å². The number of aryl methyl sites for hydroxylation is 1. The van der Waals surface area contributed by atoms with Gasteiger partial charge in [-0.25, -0.2) is 19.7 Å². The van der Waals surface area contributed by atoms with Gasteiger partial charge in [-0.15, -0.1) is 11.3 Å². The minimum atomic E-state index is -1.08. The van der Waals surface area contributed by atoms with Gasteiger partial charge in [-0.2, -0.15) is 0 Å². The second-order valence-electron chi connectivity index (χ2n) is 3.63. The van der Waals surface area contributed by atoms with Crippen LogP contribution in [0.4, 0.5) is 5.82 Å². The number of thiazole rings is 1. The Labute approximate surface area is 108 Å². The van der Waals surface area contributed by atoms with Crippen molar-refractivity contribution in [2.75, 3.05) is 11.9 Å². The van der Waals surface area contributed by atoms with Gasteiger partial charge < -0.3 is 10.4 Å². The average Bonchev–Trinajstić information content (AvgIpc) is 2.76. The lowest BCUT2D eigenvalue weighted by Crippen LogP contribution is -2.08. The Morgan fingerprint density at radius 2 is 2.28 bits per heavy atom. The predicted octanol–water partition coefficient (Wildman–Crippen LogP) is 1.59. The number of carboxylic acid groups (broad SMARTS) is 1. The number of rotatable bonds is 5. The van der Waals surface area contributed by atoms with Gasteiger partial charge in [-0.3, -0.25) is 0 Å². The summed E-state index contributed by atoms with van der Waals surface area (Å²) in [5, 5.41) is 14.8. The maximum atomic E-state index is 10.6. The highest BCUT2D eigenvalue weighted by atomic mass is 32.1. The first-order chi connectivity index (χ1) is 8.65. The van der Waals surface area contributed by atoms with Crippen LogP contribution in [0.15, 0.2) is 17.8 Å². The highest BCUT2D eigenvalue weighted by Crippen LogP contribution is 2.08. The van der Waals surface area contributed by atoms with E-state index in [9.17, 15) is 4.79 Å². The Balaban J connectivity index is 1.85. The van der Waals surface area contributed by atoms with Crippen molar-refractivity contribution in [2.24, 2.45) is 0 Å². The second-order valence-corrected chi connectivity index (χ2v) is 4.69. The Morgan fingerprint density at radius 1 is 1.44 bits per heavy atom. The fraction of sp³-hybridized carbons (Fsp3) is 0.273. The third-order valence-corrected chi connectivity index (χ3v) is 3.05. The Hall–Kier alpha value is -2.02. The number of aromatic carboxylic acids is 1. The van der Waals surface area contributed by atoms with Crippen LogP contribution in [0.1, 0.15) is 21.2 Å². The normalized spacial score (nSPS) is 10.3. The quantitative estimate of drug-likeness (QED) is 0.852. The summed E-state index contributed by atoms with van der Waals surface area (Å²) in [5.41, 5.74) is 0.982. The number of carboxylic acids is 1. The topological polar surface area (TPSA) is 88.0 Å². The summed E-state index contributed by atoms with van der Waals surface area (Å²) in [6, 6.07) is 0. The number of nitrogens with zero attached hydrogens (tertiary/aromatic N) is 3. The third kappa shape index (κ3) is 3.24. The smallest absolute Gasteiger partial charge is 0.356 e. The van der Waals surface area contributed by atoms with E-state index in [4.69, 9.17) is 5.11 Å². The SMILES string of the molecule is Cc1nc(CCNc2cnc(C(=O)O)cn2)cs1. The lowest BCUT2D eigenvalue weighted by atomic mass is 10.3. The molecule has 0 spiro atoms. The van der Waals surface area contributed by atoms with Crippen LogP contribution in [-0.2, 0) is 6.42 Å². The maximum absolute atomic E-state index is 10.6. The molecule has 2 aromatic heterocycles. The van der Waals surface area contributed by atoms with E-state index in [0.717, 1.165) is 17.1 Å². The van der Waals surface area contributed by atoms with Crippen molar-refractivity contribution in [3.05, 3.63) is 34.2 Å². The van der Waals surface area contributed by atoms with Gasteiger partial charge in [0.1, 0.15) is 5.82 Å². The molecule has 0 aliphatic carbocycles. The molecule has 18 heavy (non-hydrogen) atoms. The Morgan fingerprint density at radius 3 is 2.83 bits per heavy atom. The second kappa shape index (κ2) is 5.54. The molecule has 2 N–H and O–H groups in total. The van der Waals surface area contributed by atoms with Gasteiger partial charge in [-0.1, -0.05) is 0 Å². The lowest BCUT2D eigenvalue weighted by Gasteiger charge is -2.03. The van der Waals surface area contributed by atoms with Crippen LogP contribution < -0.4 is 5.32 Å². The van der Waals surface area contributed by atoms with Gasteiger partial charge in [0.25, 0.3) is 0 Å². The zero-order valence-corrected chi connectivity index (χ0v) is 10.6. The molecule has 0 radical (unpaired) electrons. The molecule has 0 bridgehead atoms. The molecule has 0 atom stereocenters. The summed E-state index contributed by atoms with van der Waals surface area (Å²) < 4.78 is 0. The van der Waals surface area contributed by atoms with Crippen LogP contribution in [0.25, 0.3) is 0 Å². The van der Waals surface area contributed by atoms with Crippen molar-refractivity contribution < 1.29 is 9.90 Å². The maximum Gasteiger partial charge on any atom is 0.356 e. The van der Waals surface area contributed by atoms with Crippen molar-refractivity contribution >= 4 is 23.1 Å². The van der Waals surface area contributed by atoms with Crippen LogP contribution in [0.2, 0.25) is 0 Å². The zero-order chi connectivity index (χ0) is 13.0. The first-order valence-corrected chi connectivity index (χ1v) is 6.23. The minimum absolute atomic E-state index is 0.0596. The minimum Gasteiger partial charge on any atom is -0.476 e. The van der Waals surface area contributed by atoms with E-state index in [1.165, 1.54) is 12.4 Å². The summed E-state index contributed by atoms with van der Waals surface area (Å²) in [5.74, 6) is -0.515. The molecule has 2 heterocycles. The van der Waals surface area contributed by atoms with Crippen molar-refractivity contribution in [1.82, 2.24) is 15.0 Å². The first-order valence-electron chi connectivity index (χ1n) is 5.35. The molecule has 2 aromatic rings. The van der Waals surface area contributed by atoms with Crippen LogP contribution in [0.3, 0.4) is 0 Å². The van der Waals surface area contributed by atoms with Gasteiger partial charge in [0.05, 0.1) is 23.1 Å². The van der Waals surface area contributed by atoms with Crippen molar-refractivity contribution in [1.29, 1.82) is 0 Å². The molecule has 0 saturated heterocycles. The summed E-state index contributed by atoms with van der Waals surface area (Å²) >= 11 is 1.62. The number of carbonyl (C=O) groups is 1. The molecule has 94 valence electrons. The fourth-order valence-electron chi connectivity index (χ4n) is 1.37. The molecule has 0 unspecified atom stereocenters. The molecular formula is C11H12N4O2S. The van der Waals surface area contributed by atoms with E-state index in [1.807, 2.05) is 12.3 Å². The van der Waals surface area contributed by atoms with E-state index in [0.29, 0.717) is 12.4 Å². The largest absolute Gasteiger partial charge is 0.476 e. The number of hydrogen-bond donors (Lipinski definition) is 2. The van der Waals surface area contributed by atoms with Gasteiger partial charge >= 0.3 is 5.97 Å². The number of nitrogens with one attached hydrogen (secondary N) is 1. The molecule has 0 fully saturated rings. The van der Waals surface area contributed by atoms with Crippen LogP contribution in [0, 0.1) is 6.92 Å². The van der Waals surface area contributed by atoms with Gasteiger partial charge in [0, 0.05) is 18.3 Å². The van der Waals surface area contributed by atoms with E-state index in [1.54, 1.807) is 11.3 Å². The Bertz CT molecular complexity index is 538. The molecule has 0 aliphatic rings. The molecule has 7 heteroatoms. The molecule has 0 amide bonds. The van der Waals surface area contributed by atoms with Crippen molar-refractivity contribution in [3.63, 3.8) is 0 Å². The molecule has 0 saturated carbocycles. The number of hydrogen-bond acceptors (Lipinski definition) is 6. The summed E-state index contributed by atoms with van der Waals surface area (Å²) in [7, 11) is 0. The zero-order valence-electron chi connectivity index (χ0n) is 9.75. The van der Waals surface area contributed by atoms with Crippen LogP contribution in [-0.4, -0.2) is 32.6 Å². The van der Waals surface area contributed by atoms with E-state index < -0.39 is 5.97 Å². The van der Waals surface area contributed by atoms with Crippen molar-refractivity contribution in [3.8, 4) is 0 Å². The van der Waals surface area contributed by atoms with Gasteiger partial charge in [0.15, 0.2) is 5.69 Å². The monoisotopic (exact) mass is 264 g/mol. The molecule has 2 rings (SSSR count). The van der Waals surface area contributed by atoms with Crippen LogP contribution in [0.5, 0.6) is 0 Å². The average molecular weight is 264 g/mol.